The van der Waals surface area contributed by atoms with Gasteiger partial charge in [0.15, 0.2) is 0 Å². The first-order valence-corrected chi connectivity index (χ1v) is 9.79. The van der Waals surface area contributed by atoms with Crippen LogP contribution in [0, 0.1) is 5.92 Å². The van der Waals surface area contributed by atoms with E-state index < -0.39 is 11.7 Å². The van der Waals surface area contributed by atoms with Crippen molar-refractivity contribution in [3.8, 4) is 0 Å². The molecular weight excluding hydrogens is 395 g/mol. The summed E-state index contributed by atoms with van der Waals surface area (Å²) in [6, 6.07) is 5.55. The van der Waals surface area contributed by atoms with Gasteiger partial charge < -0.3 is 10.2 Å². The lowest BCUT2D eigenvalue weighted by atomic mass is 9.96. The van der Waals surface area contributed by atoms with E-state index in [1.165, 1.54) is 12.3 Å². The van der Waals surface area contributed by atoms with Crippen LogP contribution in [0.25, 0.3) is 10.9 Å². The topological polar surface area (TPSA) is 63.1 Å². The third kappa shape index (κ3) is 4.24. The second-order valence-corrected chi connectivity index (χ2v) is 7.60. The molecule has 1 saturated heterocycles. The summed E-state index contributed by atoms with van der Waals surface area (Å²) in [6.45, 7) is 2.13. The Morgan fingerprint density at radius 1 is 1.23 bits per heavy atom. The summed E-state index contributed by atoms with van der Waals surface area (Å²) in [5, 5.41) is 7.68. The molecule has 0 atom stereocenters. The number of pyridine rings is 1. The highest BCUT2D eigenvalue weighted by atomic mass is 19.4. The van der Waals surface area contributed by atoms with Crippen LogP contribution in [-0.2, 0) is 13.2 Å². The van der Waals surface area contributed by atoms with E-state index in [0.717, 1.165) is 43.8 Å². The van der Waals surface area contributed by atoms with Crippen molar-refractivity contribution < 1.29 is 18.0 Å². The number of nitrogens with zero attached hydrogens (tertiary/aromatic N) is 4. The van der Waals surface area contributed by atoms with Gasteiger partial charge in [0.05, 0.1) is 22.8 Å². The molecule has 3 heterocycles. The number of piperidine rings is 1. The SMILES string of the molecule is Cn1cc(C(=O)NCC2CCN(c3ccnc4cc(C(F)(F)F)ccc34)CC2)cn1. The van der Waals surface area contributed by atoms with Gasteiger partial charge in [-0.25, -0.2) is 0 Å². The Labute approximate surface area is 171 Å². The van der Waals surface area contributed by atoms with E-state index in [0.29, 0.717) is 28.9 Å². The van der Waals surface area contributed by atoms with Crippen molar-refractivity contribution >= 4 is 22.5 Å². The van der Waals surface area contributed by atoms with E-state index in [-0.39, 0.29) is 5.91 Å². The van der Waals surface area contributed by atoms with Crippen LogP contribution in [0.3, 0.4) is 0 Å². The van der Waals surface area contributed by atoms with Crippen LogP contribution < -0.4 is 10.2 Å². The number of anilines is 1. The Balaban J connectivity index is 1.39. The largest absolute Gasteiger partial charge is 0.416 e. The normalized spacial score (nSPS) is 15.5. The number of fused-ring (bicyclic) bond motifs is 1. The minimum atomic E-state index is -4.38. The van der Waals surface area contributed by atoms with Gasteiger partial charge in [-0.3, -0.25) is 14.5 Å². The smallest absolute Gasteiger partial charge is 0.371 e. The molecule has 30 heavy (non-hydrogen) atoms. The monoisotopic (exact) mass is 417 g/mol. The molecule has 1 fully saturated rings. The maximum Gasteiger partial charge on any atom is 0.416 e. The number of hydrogen-bond donors (Lipinski definition) is 1. The molecular formula is C21H22F3N5O. The summed E-state index contributed by atoms with van der Waals surface area (Å²) in [6.07, 6.45) is 2.16. The maximum absolute atomic E-state index is 13.0. The Hall–Kier alpha value is -3.10. The van der Waals surface area contributed by atoms with E-state index in [1.54, 1.807) is 24.1 Å². The first-order chi connectivity index (χ1) is 14.3. The number of aryl methyl sites for hydroxylation is 1. The Bertz CT molecular complexity index is 1050. The number of rotatable bonds is 4. The molecule has 0 unspecified atom stereocenters. The predicted molar refractivity (Wildman–Crippen MR) is 107 cm³/mol. The summed E-state index contributed by atoms with van der Waals surface area (Å²) in [5.74, 6) is 0.220. The molecule has 3 aromatic rings. The van der Waals surface area contributed by atoms with Crippen LogP contribution in [0.2, 0.25) is 0 Å². The van der Waals surface area contributed by atoms with Crippen molar-refractivity contribution in [2.24, 2.45) is 13.0 Å². The van der Waals surface area contributed by atoms with Gasteiger partial charge in [0.1, 0.15) is 0 Å². The number of hydrogen-bond acceptors (Lipinski definition) is 4. The summed E-state index contributed by atoms with van der Waals surface area (Å²) in [5.41, 5.74) is 1.08. The van der Waals surface area contributed by atoms with Gasteiger partial charge in [-0.1, -0.05) is 6.07 Å². The highest BCUT2D eigenvalue weighted by Gasteiger charge is 2.31. The third-order valence-electron chi connectivity index (χ3n) is 5.52. The van der Waals surface area contributed by atoms with E-state index in [1.807, 2.05) is 6.07 Å². The number of halogens is 3. The Morgan fingerprint density at radius 3 is 2.67 bits per heavy atom. The molecule has 0 aliphatic carbocycles. The van der Waals surface area contributed by atoms with E-state index in [2.05, 4.69) is 20.3 Å². The van der Waals surface area contributed by atoms with E-state index >= 15 is 0 Å². The molecule has 1 N–H and O–H groups in total. The molecule has 0 saturated carbocycles. The molecule has 0 radical (unpaired) electrons. The zero-order valence-electron chi connectivity index (χ0n) is 16.5. The molecule has 1 amide bonds. The average molecular weight is 417 g/mol. The fraction of sp³-hybridized carbons (Fsp3) is 0.381. The highest BCUT2D eigenvalue weighted by molar-refractivity contribution is 5.93. The fourth-order valence-electron chi connectivity index (χ4n) is 3.84. The van der Waals surface area contributed by atoms with Gasteiger partial charge in [0.2, 0.25) is 0 Å². The third-order valence-corrected chi connectivity index (χ3v) is 5.52. The fourth-order valence-corrected chi connectivity index (χ4v) is 3.84. The molecule has 4 rings (SSSR count). The van der Waals surface area contributed by atoms with Crippen molar-refractivity contribution in [3.05, 3.63) is 54.0 Å². The standard InChI is InChI=1S/C21H22F3N5O/c1-28-13-15(12-27-28)20(30)26-11-14-5-8-29(9-6-14)19-4-7-25-18-10-16(21(22,23)24)2-3-17(18)19/h2-4,7,10,12-14H,5-6,8-9,11H2,1H3,(H,26,30). The van der Waals surface area contributed by atoms with Gasteiger partial charge in [0.25, 0.3) is 5.91 Å². The molecule has 1 aliphatic rings. The number of aromatic nitrogens is 3. The number of alkyl halides is 3. The average Bonchev–Trinajstić information content (AvgIpc) is 3.17. The molecule has 158 valence electrons. The zero-order chi connectivity index (χ0) is 21.3. The number of nitrogens with one attached hydrogen (secondary N) is 1. The van der Waals surface area contributed by atoms with Crippen LogP contribution in [-0.4, -0.2) is 40.3 Å². The van der Waals surface area contributed by atoms with Gasteiger partial charge in [-0.2, -0.15) is 18.3 Å². The second-order valence-electron chi connectivity index (χ2n) is 7.60. The van der Waals surface area contributed by atoms with E-state index in [9.17, 15) is 18.0 Å². The number of carbonyl (C=O) groups excluding carboxylic acids is 1. The summed E-state index contributed by atoms with van der Waals surface area (Å²) in [4.78, 5) is 18.5. The van der Waals surface area contributed by atoms with Crippen LogP contribution in [0.5, 0.6) is 0 Å². The van der Waals surface area contributed by atoms with Crippen LogP contribution in [0.1, 0.15) is 28.8 Å². The van der Waals surface area contributed by atoms with Crippen molar-refractivity contribution in [3.63, 3.8) is 0 Å². The maximum atomic E-state index is 13.0. The second kappa shape index (κ2) is 7.97. The van der Waals surface area contributed by atoms with Crippen molar-refractivity contribution in [1.29, 1.82) is 0 Å². The lowest BCUT2D eigenvalue weighted by Gasteiger charge is -2.34. The molecule has 2 aromatic heterocycles. The van der Waals surface area contributed by atoms with Gasteiger partial charge in [-0.15, -0.1) is 0 Å². The molecule has 0 spiro atoms. The molecule has 9 heteroatoms. The highest BCUT2D eigenvalue weighted by Crippen LogP contribution is 2.34. The quantitative estimate of drug-likeness (QED) is 0.704. The van der Waals surface area contributed by atoms with Gasteiger partial charge >= 0.3 is 6.18 Å². The van der Waals surface area contributed by atoms with Crippen LogP contribution in [0.4, 0.5) is 18.9 Å². The molecule has 0 bridgehead atoms. The van der Waals surface area contributed by atoms with Gasteiger partial charge in [-0.05, 0) is 37.0 Å². The van der Waals surface area contributed by atoms with Crippen molar-refractivity contribution in [2.75, 3.05) is 24.5 Å². The van der Waals surface area contributed by atoms with E-state index in [4.69, 9.17) is 0 Å². The molecule has 6 nitrogen and oxygen atoms in total. The lowest BCUT2D eigenvalue weighted by molar-refractivity contribution is -0.137. The minimum absolute atomic E-state index is 0.133. The Kier molecular flexibility index (Phi) is 5.36. The number of amides is 1. The summed E-state index contributed by atoms with van der Waals surface area (Å²) < 4.78 is 40.5. The number of carbonyl (C=O) groups is 1. The molecule has 1 aromatic carbocycles. The summed E-state index contributed by atoms with van der Waals surface area (Å²) >= 11 is 0. The molecule has 1 aliphatic heterocycles. The Morgan fingerprint density at radius 2 is 2.00 bits per heavy atom. The van der Waals surface area contributed by atoms with Gasteiger partial charge in [0, 0.05) is 50.1 Å². The van der Waals surface area contributed by atoms with Crippen LogP contribution >= 0.6 is 0 Å². The first-order valence-electron chi connectivity index (χ1n) is 9.79. The first kappa shape index (κ1) is 20.2. The minimum Gasteiger partial charge on any atom is -0.371 e. The lowest BCUT2D eigenvalue weighted by Crippen LogP contribution is -2.38. The zero-order valence-corrected chi connectivity index (χ0v) is 16.5. The predicted octanol–water partition coefficient (Wildman–Crippen LogP) is 3.63. The number of benzene rings is 1. The van der Waals surface area contributed by atoms with Crippen molar-refractivity contribution in [2.45, 2.75) is 19.0 Å². The van der Waals surface area contributed by atoms with Crippen molar-refractivity contribution in [1.82, 2.24) is 20.1 Å². The summed E-state index contributed by atoms with van der Waals surface area (Å²) in [7, 11) is 1.76. The van der Waals surface area contributed by atoms with Crippen LogP contribution in [0.15, 0.2) is 42.9 Å².